The number of rotatable bonds is 3. The summed E-state index contributed by atoms with van der Waals surface area (Å²) in [5.74, 6) is -0.603. The van der Waals surface area contributed by atoms with Crippen molar-refractivity contribution < 1.29 is 13.9 Å². The van der Waals surface area contributed by atoms with E-state index >= 15 is 0 Å². The minimum Gasteiger partial charge on any atom is -0.465 e. The van der Waals surface area contributed by atoms with Crippen LogP contribution in [0.1, 0.15) is 21.5 Å². The van der Waals surface area contributed by atoms with Crippen LogP contribution >= 0.6 is 0 Å². The van der Waals surface area contributed by atoms with Gasteiger partial charge in [0.05, 0.1) is 12.7 Å². The fourth-order valence-corrected chi connectivity index (χ4v) is 1.61. The largest absolute Gasteiger partial charge is 0.465 e. The van der Waals surface area contributed by atoms with Crippen LogP contribution in [0, 0.1) is 5.82 Å². The molecule has 2 nitrogen and oxygen atoms in total. The topological polar surface area (TPSA) is 26.3 Å². The molecule has 19 heavy (non-hydrogen) atoms. The van der Waals surface area contributed by atoms with Crippen LogP contribution in [-0.2, 0) is 4.74 Å². The summed E-state index contributed by atoms with van der Waals surface area (Å²) in [7, 11) is 1.35. The van der Waals surface area contributed by atoms with Crippen molar-refractivity contribution >= 4 is 18.1 Å². The average Bonchev–Trinajstić information content (AvgIpc) is 2.46. The lowest BCUT2D eigenvalue weighted by molar-refractivity contribution is 0.0601. The molecule has 0 spiro atoms. The maximum Gasteiger partial charge on any atom is 0.337 e. The molecule has 0 N–H and O–H groups in total. The molecule has 2 aromatic rings. The molecule has 0 fully saturated rings. The summed E-state index contributed by atoms with van der Waals surface area (Å²) >= 11 is 0. The van der Waals surface area contributed by atoms with Gasteiger partial charge < -0.3 is 4.74 Å². The van der Waals surface area contributed by atoms with Crippen molar-refractivity contribution in [3.05, 3.63) is 71.0 Å². The quantitative estimate of drug-likeness (QED) is 0.617. The van der Waals surface area contributed by atoms with Crippen LogP contribution in [0.3, 0.4) is 0 Å². The van der Waals surface area contributed by atoms with Crippen molar-refractivity contribution in [2.75, 3.05) is 7.11 Å². The Hall–Kier alpha value is -2.42. The number of methoxy groups -OCH3 is 1. The van der Waals surface area contributed by atoms with Crippen LogP contribution in [-0.4, -0.2) is 13.1 Å². The van der Waals surface area contributed by atoms with Crippen molar-refractivity contribution in [3.63, 3.8) is 0 Å². The molecule has 0 unspecified atom stereocenters. The molecule has 0 bridgehead atoms. The van der Waals surface area contributed by atoms with Gasteiger partial charge in [-0.05, 0) is 35.4 Å². The van der Waals surface area contributed by atoms with Crippen molar-refractivity contribution in [2.24, 2.45) is 0 Å². The first kappa shape index (κ1) is 13.0. The van der Waals surface area contributed by atoms with E-state index in [9.17, 15) is 9.18 Å². The molecule has 96 valence electrons. The Balaban J connectivity index is 2.11. The molecule has 0 aliphatic carbocycles. The summed E-state index contributed by atoms with van der Waals surface area (Å²) in [4.78, 5) is 11.3. The van der Waals surface area contributed by atoms with Crippen LogP contribution in [0.25, 0.3) is 12.2 Å². The molecular weight excluding hydrogens is 243 g/mol. The average molecular weight is 256 g/mol. The van der Waals surface area contributed by atoms with E-state index in [4.69, 9.17) is 0 Å². The minimum absolute atomic E-state index is 0.250. The van der Waals surface area contributed by atoms with Crippen molar-refractivity contribution in [1.82, 2.24) is 0 Å². The Bertz CT molecular complexity index is 583. The molecule has 0 atom stereocenters. The van der Waals surface area contributed by atoms with Crippen LogP contribution < -0.4 is 0 Å². The summed E-state index contributed by atoms with van der Waals surface area (Å²) in [5.41, 5.74) is 2.39. The van der Waals surface area contributed by atoms with E-state index in [-0.39, 0.29) is 11.8 Å². The highest BCUT2D eigenvalue weighted by molar-refractivity contribution is 5.89. The molecule has 0 aromatic heterocycles. The van der Waals surface area contributed by atoms with E-state index < -0.39 is 0 Å². The van der Waals surface area contributed by atoms with Crippen molar-refractivity contribution in [1.29, 1.82) is 0 Å². The molecule has 0 heterocycles. The molecule has 0 saturated heterocycles. The van der Waals surface area contributed by atoms with Gasteiger partial charge in [-0.15, -0.1) is 0 Å². The van der Waals surface area contributed by atoms with E-state index in [1.807, 2.05) is 24.3 Å². The number of carbonyl (C=O) groups excluding carboxylic acids is 1. The third-order valence-electron chi connectivity index (χ3n) is 2.67. The third-order valence-corrected chi connectivity index (χ3v) is 2.67. The number of ether oxygens (including phenoxy) is 1. The number of benzene rings is 2. The van der Waals surface area contributed by atoms with Gasteiger partial charge in [0.2, 0.25) is 0 Å². The number of hydrogen-bond donors (Lipinski definition) is 0. The second-order valence-electron chi connectivity index (χ2n) is 4.00. The van der Waals surface area contributed by atoms with Crippen molar-refractivity contribution in [3.8, 4) is 0 Å². The summed E-state index contributed by atoms with van der Waals surface area (Å²) < 4.78 is 17.4. The first-order valence-electron chi connectivity index (χ1n) is 5.81. The third kappa shape index (κ3) is 3.52. The zero-order chi connectivity index (χ0) is 13.7. The smallest absolute Gasteiger partial charge is 0.337 e. The minimum atomic E-state index is -0.353. The highest BCUT2D eigenvalue weighted by atomic mass is 19.1. The van der Waals surface area contributed by atoms with Gasteiger partial charge in [0.25, 0.3) is 0 Å². The Labute approximate surface area is 111 Å². The van der Waals surface area contributed by atoms with Gasteiger partial charge in [-0.3, -0.25) is 0 Å². The molecule has 0 amide bonds. The van der Waals surface area contributed by atoms with Crippen LogP contribution in [0.15, 0.2) is 48.5 Å². The number of carbonyl (C=O) groups is 1. The Morgan fingerprint density at radius 2 is 1.42 bits per heavy atom. The normalized spacial score (nSPS) is 10.6. The summed E-state index contributed by atoms with van der Waals surface area (Å²) in [6.07, 6.45) is 3.78. The molecule has 2 rings (SSSR count). The highest BCUT2D eigenvalue weighted by Crippen LogP contribution is 2.11. The Morgan fingerprint density at radius 1 is 0.947 bits per heavy atom. The summed E-state index contributed by atoms with van der Waals surface area (Å²) in [6.45, 7) is 0. The molecule has 3 heteroatoms. The zero-order valence-electron chi connectivity index (χ0n) is 10.5. The Kier molecular flexibility index (Phi) is 4.08. The van der Waals surface area contributed by atoms with Gasteiger partial charge in [-0.25, -0.2) is 9.18 Å². The number of esters is 1. The van der Waals surface area contributed by atoms with Crippen LogP contribution in [0.2, 0.25) is 0 Å². The zero-order valence-corrected chi connectivity index (χ0v) is 10.5. The monoisotopic (exact) mass is 256 g/mol. The van der Waals surface area contributed by atoms with E-state index in [0.717, 1.165) is 11.1 Å². The standard InChI is InChI=1S/C16H13FO2/c1-19-16(18)14-8-4-12(5-9-14)2-3-13-6-10-15(17)11-7-13/h2-11H,1H3. The molecule has 0 radical (unpaired) electrons. The molecular formula is C16H13FO2. The predicted molar refractivity (Wildman–Crippen MR) is 73.1 cm³/mol. The number of hydrogen-bond acceptors (Lipinski definition) is 2. The Morgan fingerprint density at radius 3 is 1.89 bits per heavy atom. The molecule has 0 aliphatic heterocycles. The maximum atomic E-state index is 12.7. The van der Waals surface area contributed by atoms with Crippen molar-refractivity contribution in [2.45, 2.75) is 0 Å². The van der Waals surface area contributed by atoms with Crippen LogP contribution in [0.4, 0.5) is 4.39 Å². The maximum absolute atomic E-state index is 12.7. The fourth-order valence-electron chi connectivity index (χ4n) is 1.61. The lowest BCUT2D eigenvalue weighted by Gasteiger charge is -1.99. The van der Waals surface area contributed by atoms with E-state index in [1.54, 1.807) is 24.3 Å². The van der Waals surface area contributed by atoms with Gasteiger partial charge in [0.1, 0.15) is 5.82 Å². The molecule has 2 aromatic carbocycles. The second-order valence-corrected chi connectivity index (χ2v) is 4.00. The molecule has 0 aliphatic rings. The summed E-state index contributed by atoms with van der Waals surface area (Å²) in [5, 5.41) is 0. The highest BCUT2D eigenvalue weighted by Gasteiger charge is 2.02. The predicted octanol–water partition coefficient (Wildman–Crippen LogP) is 3.78. The van der Waals surface area contributed by atoms with Gasteiger partial charge >= 0.3 is 5.97 Å². The van der Waals surface area contributed by atoms with Gasteiger partial charge in [-0.2, -0.15) is 0 Å². The van der Waals surface area contributed by atoms with Gasteiger partial charge in [-0.1, -0.05) is 36.4 Å². The second kappa shape index (κ2) is 5.96. The fraction of sp³-hybridized carbons (Fsp3) is 0.0625. The van der Waals surface area contributed by atoms with Crippen LogP contribution in [0.5, 0.6) is 0 Å². The lowest BCUT2D eigenvalue weighted by atomic mass is 10.1. The first-order chi connectivity index (χ1) is 9.19. The van der Waals surface area contributed by atoms with Gasteiger partial charge in [0.15, 0.2) is 0 Å². The summed E-state index contributed by atoms with van der Waals surface area (Å²) in [6, 6.07) is 13.3. The van der Waals surface area contributed by atoms with E-state index in [0.29, 0.717) is 5.56 Å². The first-order valence-corrected chi connectivity index (χ1v) is 5.81. The lowest BCUT2D eigenvalue weighted by Crippen LogP contribution is -2.00. The van der Waals surface area contributed by atoms with E-state index in [2.05, 4.69) is 4.74 Å². The van der Waals surface area contributed by atoms with Gasteiger partial charge in [0, 0.05) is 0 Å². The van der Waals surface area contributed by atoms with E-state index in [1.165, 1.54) is 19.2 Å². The molecule has 0 saturated carbocycles. The SMILES string of the molecule is COC(=O)c1ccc(C=Cc2ccc(F)cc2)cc1. The number of halogens is 1.